The molecule has 1 heterocycles. The van der Waals surface area contributed by atoms with Crippen molar-refractivity contribution in [3.05, 3.63) is 217 Å². The highest BCUT2D eigenvalue weighted by molar-refractivity contribution is 6.07. The van der Waals surface area contributed by atoms with E-state index in [1.165, 1.54) is 66.2 Å². The fourth-order valence-electron chi connectivity index (χ4n) is 9.33. The molecule has 0 spiro atoms. The van der Waals surface area contributed by atoms with E-state index in [2.05, 4.69) is 214 Å². The van der Waals surface area contributed by atoms with Crippen LogP contribution in [0.3, 0.4) is 0 Å². The van der Waals surface area contributed by atoms with Crippen molar-refractivity contribution >= 4 is 21.5 Å². The Hall–Kier alpha value is -7.42. The molecule has 0 atom stereocenters. The van der Waals surface area contributed by atoms with Gasteiger partial charge in [-0.1, -0.05) is 202 Å². The van der Waals surface area contributed by atoms with Gasteiger partial charge in [-0.05, 0) is 95.4 Å². The zero-order valence-electron chi connectivity index (χ0n) is 33.0. The molecule has 0 unspecified atom stereocenters. The predicted molar refractivity (Wildman–Crippen MR) is 247 cm³/mol. The highest BCUT2D eigenvalue weighted by Crippen LogP contribution is 2.54. The summed E-state index contributed by atoms with van der Waals surface area (Å²) in [6.45, 7) is 4.72. The molecule has 0 bridgehead atoms. The van der Waals surface area contributed by atoms with Crippen LogP contribution < -0.4 is 0 Å². The van der Waals surface area contributed by atoms with Crippen LogP contribution in [0.25, 0.3) is 100.0 Å². The first-order chi connectivity index (χ1) is 29.0. The number of rotatable bonds is 6. The molecule has 0 aliphatic heterocycles. The standard InChI is InChI=1S/C57H40N2/c1-57(2)50-26-14-25-46(54(50)55-45-22-10-9-17-38(45)31-34-51(55)57)40-29-27-39(28-30-40)44-32-33-49(48-24-12-11-23-47(44)48)56-58-52(41-18-7-4-8-19-41)36-53(59-56)43-21-13-20-42(35-43)37-15-5-3-6-16-37/h3-36H,1-2H3. The van der Waals surface area contributed by atoms with E-state index in [0.29, 0.717) is 5.82 Å². The first kappa shape index (κ1) is 34.8. The third-order valence-corrected chi connectivity index (χ3v) is 12.3. The predicted octanol–water partition coefficient (Wildman–Crippen LogP) is 15.1. The van der Waals surface area contributed by atoms with E-state index in [1.54, 1.807) is 0 Å². The Morgan fingerprint density at radius 1 is 0.322 bits per heavy atom. The minimum absolute atomic E-state index is 0.0808. The van der Waals surface area contributed by atoms with Gasteiger partial charge in [0, 0.05) is 22.1 Å². The van der Waals surface area contributed by atoms with Gasteiger partial charge in [0.25, 0.3) is 0 Å². The average Bonchev–Trinajstić information content (AvgIpc) is 3.55. The van der Waals surface area contributed by atoms with Gasteiger partial charge in [-0.25, -0.2) is 9.97 Å². The zero-order chi connectivity index (χ0) is 39.5. The molecule has 278 valence electrons. The minimum Gasteiger partial charge on any atom is -0.228 e. The summed E-state index contributed by atoms with van der Waals surface area (Å²) in [6.07, 6.45) is 0. The van der Waals surface area contributed by atoms with Gasteiger partial charge >= 0.3 is 0 Å². The number of hydrogen-bond acceptors (Lipinski definition) is 2. The summed E-state index contributed by atoms with van der Waals surface area (Å²) < 4.78 is 0. The average molecular weight is 753 g/mol. The molecule has 10 aromatic rings. The van der Waals surface area contributed by atoms with E-state index in [1.807, 2.05) is 6.07 Å². The van der Waals surface area contributed by atoms with Crippen LogP contribution in [0, 0.1) is 0 Å². The Balaban J connectivity index is 1.01. The lowest BCUT2D eigenvalue weighted by molar-refractivity contribution is 0.661. The third kappa shape index (κ3) is 5.87. The molecule has 0 N–H and O–H groups in total. The van der Waals surface area contributed by atoms with E-state index in [9.17, 15) is 0 Å². The van der Waals surface area contributed by atoms with Crippen LogP contribution >= 0.6 is 0 Å². The molecule has 0 radical (unpaired) electrons. The van der Waals surface area contributed by atoms with Gasteiger partial charge in [-0.15, -0.1) is 0 Å². The number of nitrogens with zero attached hydrogens (tertiary/aromatic N) is 2. The lowest BCUT2D eigenvalue weighted by Gasteiger charge is -2.21. The molecule has 59 heavy (non-hydrogen) atoms. The van der Waals surface area contributed by atoms with Crippen molar-refractivity contribution in [3.63, 3.8) is 0 Å². The van der Waals surface area contributed by atoms with Crippen molar-refractivity contribution in [1.82, 2.24) is 9.97 Å². The molecule has 1 aromatic heterocycles. The highest BCUT2D eigenvalue weighted by Gasteiger charge is 2.37. The summed E-state index contributed by atoms with van der Waals surface area (Å²) in [6, 6.07) is 74.2. The minimum atomic E-state index is -0.0808. The molecule has 2 nitrogen and oxygen atoms in total. The van der Waals surface area contributed by atoms with Crippen molar-refractivity contribution in [1.29, 1.82) is 0 Å². The number of benzene rings is 9. The Kier molecular flexibility index (Phi) is 8.20. The maximum Gasteiger partial charge on any atom is 0.161 e. The van der Waals surface area contributed by atoms with E-state index < -0.39 is 0 Å². The molecule has 0 saturated carbocycles. The number of fused-ring (bicyclic) bond motifs is 6. The molecule has 2 heteroatoms. The molecule has 0 fully saturated rings. The molecule has 1 aliphatic carbocycles. The van der Waals surface area contributed by atoms with E-state index >= 15 is 0 Å². The van der Waals surface area contributed by atoms with Crippen LogP contribution in [0.4, 0.5) is 0 Å². The van der Waals surface area contributed by atoms with Crippen LogP contribution in [-0.2, 0) is 5.41 Å². The Morgan fingerprint density at radius 2 is 0.864 bits per heavy atom. The van der Waals surface area contributed by atoms with E-state index in [-0.39, 0.29) is 5.41 Å². The largest absolute Gasteiger partial charge is 0.228 e. The first-order valence-electron chi connectivity index (χ1n) is 20.4. The Labute approximate surface area is 345 Å². The molecule has 9 aromatic carbocycles. The molecular formula is C57H40N2. The van der Waals surface area contributed by atoms with Crippen LogP contribution in [-0.4, -0.2) is 9.97 Å². The first-order valence-corrected chi connectivity index (χ1v) is 20.4. The lowest BCUT2D eigenvalue weighted by Crippen LogP contribution is -2.14. The van der Waals surface area contributed by atoms with Crippen LogP contribution in [0.5, 0.6) is 0 Å². The quantitative estimate of drug-likeness (QED) is 0.169. The number of hydrogen-bond donors (Lipinski definition) is 0. The van der Waals surface area contributed by atoms with Gasteiger partial charge in [0.1, 0.15) is 0 Å². The van der Waals surface area contributed by atoms with Gasteiger partial charge < -0.3 is 0 Å². The Morgan fingerprint density at radius 3 is 1.61 bits per heavy atom. The van der Waals surface area contributed by atoms with Gasteiger partial charge in [0.2, 0.25) is 0 Å². The summed E-state index contributed by atoms with van der Waals surface area (Å²) >= 11 is 0. The molecular weight excluding hydrogens is 713 g/mol. The zero-order valence-corrected chi connectivity index (χ0v) is 33.0. The van der Waals surface area contributed by atoms with Gasteiger partial charge in [0.05, 0.1) is 11.4 Å². The lowest BCUT2D eigenvalue weighted by atomic mass is 9.81. The molecule has 1 aliphatic rings. The summed E-state index contributed by atoms with van der Waals surface area (Å²) in [5, 5.41) is 4.89. The summed E-state index contributed by atoms with van der Waals surface area (Å²) in [5.41, 5.74) is 17.5. The van der Waals surface area contributed by atoms with Gasteiger partial charge in [-0.2, -0.15) is 0 Å². The second-order valence-electron chi connectivity index (χ2n) is 16.1. The second-order valence-corrected chi connectivity index (χ2v) is 16.1. The summed E-state index contributed by atoms with van der Waals surface area (Å²) in [5.74, 6) is 0.707. The molecule has 0 saturated heterocycles. The van der Waals surface area contributed by atoms with Crippen LogP contribution in [0.1, 0.15) is 25.0 Å². The Bertz CT molecular complexity index is 3220. The van der Waals surface area contributed by atoms with Crippen molar-refractivity contribution in [2.75, 3.05) is 0 Å². The van der Waals surface area contributed by atoms with Crippen molar-refractivity contribution < 1.29 is 0 Å². The smallest absolute Gasteiger partial charge is 0.161 e. The maximum absolute atomic E-state index is 5.29. The molecule has 0 amide bonds. The fourth-order valence-corrected chi connectivity index (χ4v) is 9.33. The number of aromatic nitrogens is 2. The highest BCUT2D eigenvalue weighted by atomic mass is 14.9. The van der Waals surface area contributed by atoms with Crippen LogP contribution in [0.15, 0.2) is 206 Å². The van der Waals surface area contributed by atoms with E-state index in [4.69, 9.17) is 9.97 Å². The monoisotopic (exact) mass is 752 g/mol. The second kappa shape index (κ2) is 13.9. The molecule has 11 rings (SSSR count). The van der Waals surface area contributed by atoms with Gasteiger partial charge in [0.15, 0.2) is 5.82 Å². The summed E-state index contributed by atoms with van der Waals surface area (Å²) in [7, 11) is 0. The SMILES string of the molecule is CC1(C)c2cccc(-c3ccc(-c4ccc(-c5nc(-c6ccccc6)cc(-c6cccc(-c7ccccc7)c6)n5)c5ccccc45)cc3)c2-c2c1ccc1ccccc21. The van der Waals surface area contributed by atoms with E-state index in [0.717, 1.165) is 39.0 Å². The third-order valence-electron chi connectivity index (χ3n) is 12.3. The summed E-state index contributed by atoms with van der Waals surface area (Å²) in [4.78, 5) is 10.5. The van der Waals surface area contributed by atoms with Crippen molar-refractivity contribution in [3.8, 4) is 78.4 Å². The normalized spacial score (nSPS) is 12.7. The topological polar surface area (TPSA) is 25.8 Å². The maximum atomic E-state index is 5.29. The van der Waals surface area contributed by atoms with Crippen molar-refractivity contribution in [2.45, 2.75) is 19.3 Å². The van der Waals surface area contributed by atoms with Crippen LogP contribution in [0.2, 0.25) is 0 Å². The fraction of sp³-hybridized carbons (Fsp3) is 0.0526. The van der Waals surface area contributed by atoms with Gasteiger partial charge in [-0.3, -0.25) is 0 Å². The van der Waals surface area contributed by atoms with Crippen molar-refractivity contribution in [2.24, 2.45) is 0 Å².